The smallest absolute Gasteiger partial charge is 0.124 e. The Hall–Kier alpha value is -0.480. The van der Waals surface area contributed by atoms with E-state index >= 15 is 0 Å². The number of hydrogen-bond acceptors (Lipinski definition) is 3. The van der Waals surface area contributed by atoms with Gasteiger partial charge < -0.3 is 10.4 Å². The van der Waals surface area contributed by atoms with Gasteiger partial charge in [0.1, 0.15) is 5.75 Å². The average molecular weight is 405 g/mol. The average Bonchev–Trinajstić information content (AvgIpc) is 2.48. The predicted molar refractivity (Wildman–Crippen MR) is 117 cm³/mol. The Bertz CT molecular complexity index is 571. The van der Waals surface area contributed by atoms with E-state index in [0.717, 1.165) is 43.7 Å². The quantitative estimate of drug-likeness (QED) is 0.727. The molecule has 0 saturated carbocycles. The first-order chi connectivity index (χ1) is 11.1. The molecule has 1 aromatic carbocycles. The lowest BCUT2D eigenvalue weighted by Crippen LogP contribution is -2.45. The number of rotatable bonds is 3. The SMILES string of the molecule is CC[C@H](c1cc(C(C)(C)C)cc(C(C)(C)C)c1O)N1CCNCC1.Cl.Cl. The molecule has 26 heavy (non-hydrogen) atoms. The molecule has 1 aromatic rings. The predicted octanol–water partition coefficient (Wildman–Crippen LogP) is 5.19. The number of halogens is 2. The molecule has 3 nitrogen and oxygen atoms in total. The Morgan fingerprint density at radius 2 is 1.54 bits per heavy atom. The molecular weight excluding hydrogens is 367 g/mol. The lowest BCUT2D eigenvalue weighted by Gasteiger charge is -2.37. The summed E-state index contributed by atoms with van der Waals surface area (Å²) in [6, 6.07) is 4.75. The molecule has 0 bridgehead atoms. The first-order valence-electron chi connectivity index (χ1n) is 9.38. The number of phenols is 1. The second-order valence-corrected chi connectivity index (χ2v) is 9.17. The van der Waals surface area contributed by atoms with Crippen molar-refractivity contribution >= 4 is 24.8 Å². The molecule has 0 aliphatic carbocycles. The second kappa shape index (κ2) is 9.64. The Balaban J connectivity index is 0.00000312. The normalized spacial score (nSPS) is 17.2. The van der Waals surface area contributed by atoms with Gasteiger partial charge in [0.05, 0.1) is 0 Å². The van der Waals surface area contributed by atoms with Gasteiger partial charge >= 0.3 is 0 Å². The van der Waals surface area contributed by atoms with E-state index in [-0.39, 0.29) is 41.7 Å². The van der Waals surface area contributed by atoms with Crippen LogP contribution >= 0.6 is 24.8 Å². The minimum Gasteiger partial charge on any atom is -0.507 e. The fourth-order valence-electron chi connectivity index (χ4n) is 3.58. The van der Waals surface area contributed by atoms with Crippen molar-refractivity contribution in [3.63, 3.8) is 0 Å². The van der Waals surface area contributed by atoms with Crippen LogP contribution in [0.4, 0.5) is 0 Å². The van der Waals surface area contributed by atoms with Crippen molar-refractivity contribution in [2.45, 2.75) is 71.8 Å². The summed E-state index contributed by atoms with van der Waals surface area (Å²) in [6.07, 6.45) is 1.02. The summed E-state index contributed by atoms with van der Waals surface area (Å²) in [4.78, 5) is 2.52. The number of benzene rings is 1. The fourth-order valence-corrected chi connectivity index (χ4v) is 3.58. The van der Waals surface area contributed by atoms with Gasteiger partial charge in [-0.15, -0.1) is 24.8 Å². The van der Waals surface area contributed by atoms with E-state index in [0.29, 0.717) is 5.75 Å². The van der Waals surface area contributed by atoms with Crippen LogP contribution in [0.15, 0.2) is 12.1 Å². The largest absolute Gasteiger partial charge is 0.507 e. The van der Waals surface area contributed by atoms with Gasteiger partial charge in [0.15, 0.2) is 0 Å². The first-order valence-corrected chi connectivity index (χ1v) is 9.38. The summed E-state index contributed by atoms with van der Waals surface area (Å²) < 4.78 is 0. The van der Waals surface area contributed by atoms with E-state index in [2.05, 4.69) is 70.8 Å². The lowest BCUT2D eigenvalue weighted by atomic mass is 9.77. The van der Waals surface area contributed by atoms with Crippen molar-refractivity contribution in [1.29, 1.82) is 0 Å². The minimum absolute atomic E-state index is 0. The van der Waals surface area contributed by atoms with E-state index in [1.165, 1.54) is 5.56 Å². The maximum Gasteiger partial charge on any atom is 0.124 e. The van der Waals surface area contributed by atoms with Gasteiger partial charge in [0.25, 0.3) is 0 Å². The van der Waals surface area contributed by atoms with Gasteiger partial charge in [-0.25, -0.2) is 0 Å². The van der Waals surface area contributed by atoms with Gasteiger partial charge in [0.2, 0.25) is 0 Å². The zero-order chi connectivity index (χ0) is 18.1. The van der Waals surface area contributed by atoms with Gasteiger partial charge in [-0.05, 0) is 34.4 Å². The Kier molecular flexibility index (Phi) is 9.46. The van der Waals surface area contributed by atoms with Crippen LogP contribution in [0.1, 0.15) is 77.6 Å². The summed E-state index contributed by atoms with van der Waals surface area (Å²) in [5.74, 6) is 0.501. The maximum atomic E-state index is 11.1. The van der Waals surface area contributed by atoms with Crippen LogP contribution in [0.3, 0.4) is 0 Å². The molecule has 1 atom stereocenters. The highest BCUT2D eigenvalue weighted by Gasteiger charge is 2.29. The first kappa shape index (κ1) is 25.5. The number of nitrogens with zero attached hydrogens (tertiary/aromatic N) is 1. The summed E-state index contributed by atoms with van der Waals surface area (Å²) >= 11 is 0. The van der Waals surface area contributed by atoms with Crippen molar-refractivity contribution in [2.24, 2.45) is 0 Å². The van der Waals surface area contributed by atoms with Crippen molar-refractivity contribution < 1.29 is 5.11 Å². The molecular formula is C21H38Cl2N2O. The molecule has 152 valence electrons. The molecule has 2 N–H and O–H groups in total. The highest BCUT2D eigenvalue weighted by atomic mass is 35.5. The van der Waals surface area contributed by atoms with Crippen LogP contribution in [0.25, 0.3) is 0 Å². The zero-order valence-electron chi connectivity index (χ0n) is 17.5. The van der Waals surface area contributed by atoms with Crippen LogP contribution in [0, 0.1) is 0 Å². The van der Waals surface area contributed by atoms with E-state index in [4.69, 9.17) is 0 Å². The van der Waals surface area contributed by atoms with Gasteiger partial charge in [-0.3, -0.25) is 4.90 Å². The fraction of sp³-hybridized carbons (Fsp3) is 0.714. The zero-order valence-corrected chi connectivity index (χ0v) is 19.1. The van der Waals surface area contributed by atoms with Crippen molar-refractivity contribution in [1.82, 2.24) is 10.2 Å². The molecule has 5 heteroatoms. The molecule has 1 saturated heterocycles. The lowest BCUT2D eigenvalue weighted by molar-refractivity contribution is 0.166. The molecule has 0 radical (unpaired) electrons. The third-order valence-corrected chi connectivity index (χ3v) is 5.15. The van der Waals surface area contributed by atoms with Gasteiger partial charge in [-0.1, -0.05) is 54.5 Å². The molecule has 0 spiro atoms. The standard InChI is InChI=1S/C21H36N2O.2ClH/c1-8-18(23-11-9-22-10-12-23)16-13-15(20(2,3)4)14-17(19(16)24)21(5,6)7;;/h13-14,18,22,24H,8-12H2,1-7H3;2*1H/t18-;;/m1../s1. The summed E-state index contributed by atoms with van der Waals surface area (Å²) in [5.41, 5.74) is 3.50. The molecule has 1 aliphatic rings. The summed E-state index contributed by atoms with van der Waals surface area (Å²) in [7, 11) is 0. The molecule has 0 amide bonds. The van der Waals surface area contributed by atoms with Gasteiger partial charge in [-0.2, -0.15) is 0 Å². The number of aromatic hydroxyl groups is 1. The van der Waals surface area contributed by atoms with Crippen LogP contribution < -0.4 is 5.32 Å². The van der Waals surface area contributed by atoms with E-state index in [1.807, 2.05) is 0 Å². The van der Waals surface area contributed by atoms with Crippen LogP contribution in [0.2, 0.25) is 0 Å². The van der Waals surface area contributed by atoms with Crippen molar-refractivity contribution in [3.8, 4) is 5.75 Å². The highest BCUT2D eigenvalue weighted by Crippen LogP contribution is 2.42. The minimum atomic E-state index is -0.0676. The number of nitrogens with one attached hydrogen (secondary N) is 1. The van der Waals surface area contributed by atoms with Crippen molar-refractivity contribution in [3.05, 3.63) is 28.8 Å². The van der Waals surface area contributed by atoms with E-state index < -0.39 is 0 Å². The van der Waals surface area contributed by atoms with Crippen LogP contribution in [-0.4, -0.2) is 36.2 Å². The maximum absolute atomic E-state index is 11.1. The molecule has 1 heterocycles. The summed E-state index contributed by atoms with van der Waals surface area (Å²) in [5, 5.41) is 14.5. The second-order valence-electron chi connectivity index (χ2n) is 9.17. The third kappa shape index (κ3) is 5.76. The van der Waals surface area contributed by atoms with E-state index in [9.17, 15) is 5.11 Å². The van der Waals surface area contributed by atoms with E-state index in [1.54, 1.807) is 0 Å². The Labute approximate surface area is 172 Å². The molecule has 0 unspecified atom stereocenters. The summed E-state index contributed by atoms with van der Waals surface area (Å²) in [6.45, 7) is 19.7. The topological polar surface area (TPSA) is 35.5 Å². The number of phenolic OH excluding ortho intramolecular Hbond substituents is 1. The molecule has 0 aromatic heterocycles. The monoisotopic (exact) mass is 404 g/mol. The third-order valence-electron chi connectivity index (χ3n) is 5.15. The molecule has 1 fully saturated rings. The van der Waals surface area contributed by atoms with Crippen LogP contribution in [-0.2, 0) is 10.8 Å². The number of hydrogen-bond donors (Lipinski definition) is 2. The van der Waals surface area contributed by atoms with Crippen LogP contribution in [0.5, 0.6) is 5.75 Å². The van der Waals surface area contributed by atoms with Crippen molar-refractivity contribution in [2.75, 3.05) is 26.2 Å². The molecule has 2 rings (SSSR count). The number of piperazine rings is 1. The molecule has 1 aliphatic heterocycles. The Morgan fingerprint density at radius 3 is 1.96 bits per heavy atom. The highest BCUT2D eigenvalue weighted by molar-refractivity contribution is 5.85. The van der Waals surface area contributed by atoms with Gasteiger partial charge in [0, 0.05) is 37.8 Å². The Morgan fingerprint density at radius 1 is 1.00 bits per heavy atom.